The minimum Gasteiger partial charge on any atom is -0.350 e. The summed E-state index contributed by atoms with van der Waals surface area (Å²) < 4.78 is 13.3. The van der Waals surface area contributed by atoms with Gasteiger partial charge in [0.15, 0.2) is 0 Å². The largest absolute Gasteiger partial charge is 0.350 e. The summed E-state index contributed by atoms with van der Waals surface area (Å²) in [5, 5.41) is 3.16. The van der Waals surface area contributed by atoms with Crippen LogP contribution in [0.5, 0.6) is 0 Å². The summed E-state index contributed by atoms with van der Waals surface area (Å²) in [7, 11) is 0. The van der Waals surface area contributed by atoms with E-state index in [0.717, 1.165) is 16.8 Å². The van der Waals surface area contributed by atoms with Gasteiger partial charge in [0, 0.05) is 12.2 Å². The van der Waals surface area contributed by atoms with Crippen LogP contribution in [0.25, 0.3) is 5.57 Å². The number of carbonyl (C=O) groups is 2. The van der Waals surface area contributed by atoms with Gasteiger partial charge in [-0.2, -0.15) is 0 Å². The fraction of sp³-hybridized carbons (Fsp3) is 0.238. The topological polar surface area (TPSA) is 49.4 Å². The molecule has 0 saturated heterocycles. The Labute approximate surface area is 152 Å². The lowest BCUT2D eigenvalue weighted by Crippen LogP contribution is -2.33. The molecule has 0 spiro atoms. The predicted octanol–water partition coefficient (Wildman–Crippen LogP) is 4.04. The van der Waals surface area contributed by atoms with E-state index in [2.05, 4.69) is 5.32 Å². The summed E-state index contributed by atoms with van der Waals surface area (Å²) >= 11 is 0. The molecule has 5 heteroatoms. The van der Waals surface area contributed by atoms with Crippen LogP contribution in [0.2, 0.25) is 0 Å². The first-order chi connectivity index (χ1) is 12.4. The van der Waals surface area contributed by atoms with Gasteiger partial charge in [-0.25, -0.2) is 4.39 Å². The van der Waals surface area contributed by atoms with Crippen LogP contribution in [0.3, 0.4) is 0 Å². The molecule has 134 valence electrons. The maximum absolute atomic E-state index is 13.3. The summed E-state index contributed by atoms with van der Waals surface area (Å²) in [6.07, 6.45) is 0.672. The van der Waals surface area contributed by atoms with Crippen LogP contribution in [-0.4, -0.2) is 23.3 Å². The molecule has 0 saturated carbocycles. The number of rotatable bonds is 5. The third kappa shape index (κ3) is 3.25. The summed E-state index contributed by atoms with van der Waals surface area (Å²) in [4.78, 5) is 27.0. The highest BCUT2D eigenvalue weighted by Gasteiger charge is 2.38. The molecule has 1 N–H and O–H groups in total. The Morgan fingerprint density at radius 1 is 1.00 bits per heavy atom. The molecule has 2 amide bonds. The summed E-state index contributed by atoms with van der Waals surface area (Å²) in [6, 6.07) is 11.5. The average molecular weight is 352 g/mol. The fourth-order valence-electron chi connectivity index (χ4n) is 3.01. The van der Waals surface area contributed by atoms with Gasteiger partial charge in [0.05, 0.1) is 5.57 Å². The molecular formula is C21H21FN2O2. The quantitative estimate of drug-likeness (QED) is 0.826. The highest BCUT2D eigenvalue weighted by molar-refractivity contribution is 6.36. The molecule has 0 bridgehead atoms. The number of amides is 2. The number of hydrogen-bond acceptors (Lipinski definition) is 3. The van der Waals surface area contributed by atoms with Gasteiger partial charge in [-0.05, 0) is 55.2 Å². The molecule has 2 aromatic carbocycles. The van der Waals surface area contributed by atoms with Crippen LogP contribution < -0.4 is 5.32 Å². The molecule has 0 fully saturated rings. The van der Waals surface area contributed by atoms with Crippen molar-refractivity contribution in [3.8, 4) is 0 Å². The van der Waals surface area contributed by atoms with Crippen LogP contribution in [0, 0.1) is 19.7 Å². The van der Waals surface area contributed by atoms with Crippen molar-refractivity contribution in [2.75, 3.05) is 11.9 Å². The SMILES string of the molecule is CCCN1C(=O)C(Nc2cc(C)ccc2C)=C(c2ccc(F)cc2)C1=O. The molecular weight excluding hydrogens is 331 g/mol. The molecule has 2 aromatic rings. The van der Waals surface area contributed by atoms with Crippen LogP contribution >= 0.6 is 0 Å². The summed E-state index contributed by atoms with van der Waals surface area (Å²) in [6.45, 7) is 6.16. The number of hydrogen-bond donors (Lipinski definition) is 1. The molecule has 1 aliphatic heterocycles. The van der Waals surface area contributed by atoms with Crippen molar-refractivity contribution >= 4 is 23.1 Å². The third-order valence-corrected chi connectivity index (χ3v) is 4.40. The Morgan fingerprint density at radius 3 is 2.35 bits per heavy atom. The van der Waals surface area contributed by atoms with Gasteiger partial charge >= 0.3 is 0 Å². The van der Waals surface area contributed by atoms with Crippen molar-refractivity contribution < 1.29 is 14.0 Å². The van der Waals surface area contributed by atoms with E-state index in [-0.39, 0.29) is 28.9 Å². The van der Waals surface area contributed by atoms with Gasteiger partial charge in [-0.15, -0.1) is 0 Å². The Kier molecular flexibility index (Phi) is 4.89. The molecule has 0 radical (unpaired) electrons. The maximum Gasteiger partial charge on any atom is 0.278 e. The standard InChI is InChI=1S/C21H21FN2O2/c1-4-11-24-20(25)18(15-7-9-16(22)10-8-15)19(21(24)26)23-17-12-13(2)5-6-14(17)3/h5-10,12,23H,4,11H2,1-3H3. The lowest BCUT2D eigenvalue weighted by molar-refractivity contribution is -0.136. The van der Waals surface area contributed by atoms with Crippen molar-refractivity contribution in [2.45, 2.75) is 27.2 Å². The molecule has 1 heterocycles. The zero-order valence-electron chi connectivity index (χ0n) is 15.1. The molecule has 0 aromatic heterocycles. The van der Waals surface area contributed by atoms with Crippen LogP contribution in [-0.2, 0) is 9.59 Å². The minimum atomic E-state index is -0.388. The van der Waals surface area contributed by atoms with E-state index in [0.29, 0.717) is 18.5 Å². The highest BCUT2D eigenvalue weighted by Crippen LogP contribution is 2.31. The van der Waals surface area contributed by atoms with E-state index in [4.69, 9.17) is 0 Å². The number of nitrogens with zero attached hydrogens (tertiary/aromatic N) is 1. The van der Waals surface area contributed by atoms with Crippen molar-refractivity contribution in [3.05, 3.63) is 70.7 Å². The first kappa shape index (κ1) is 17.9. The molecule has 3 rings (SSSR count). The van der Waals surface area contributed by atoms with E-state index < -0.39 is 0 Å². The van der Waals surface area contributed by atoms with Crippen molar-refractivity contribution in [3.63, 3.8) is 0 Å². The van der Waals surface area contributed by atoms with Crippen molar-refractivity contribution in [2.24, 2.45) is 0 Å². The number of nitrogens with one attached hydrogen (secondary N) is 1. The minimum absolute atomic E-state index is 0.240. The number of anilines is 1. The van der Waals surface area contributed by atoms with E-state index in [1.54, 1.807) is 0 Å². The van der Waals surface area contributed by atoms with Gasteiger partial charge in [0.1, 0.15) is 11.5 Å². The van der Waals surface area contributed by atoms with Gasteiger partial charge in [-0.1, -0.05) is 31.2 Å². The maximum atomic E-state index is 13.3. The van der Waals surface area contributed by atoms with E-state index >= 15 is 0 Å². The van der Waals surface area contributed by atoms with Crippen LogP contribution in [0.1, 0.15) is 30.0 Å². The first-order valence-electron chi connectivity index (χ1n) is 8.63. The number of halogens is 1. The normalized spacial score (nSPS) is 14.4. The van der Waals surface area contributed by atoms with E-state index in [1.165, 1.54) is 29.2 Å². The number of benzene rings is 2. The van der Waals surface area contributed by atoms with Crippen molar-refractivity contribution in [1.29, 1.82) is 0 Å². The monoisotopic (exact) mass is 352 g/mol. The van der Waals surface area contributed by atoms with E-state index in [1.807, 2.05) is 39.0 Å². The second kappa shape index (κ2) is 7.12. The second-order valence-electron chi connectivity index (χ2n) is 6.46. The van der Waals surface area contributed by atoms with Gasteiger partial charge in [0.2, 0.25) is 0 Å². The molecule has 0 aliphatic carbocycles. The van der Waals surface area contributed by atoms with E-state index in [9.17, 15) is 14.0 Å². The number of imide groups is 1. The van der Waals surface area contributed by atoms with Gasteiger partial charge in [0.25, 0.3) is 11.8 Å². The van der Waals surface area contributed by atoms with Crippen LogP contribution in [0.15, 0.2) is 48.2 Å². The predicted molar refractivity (Wildman–Crippen MR) is 99.9 cm³/mol. The molecule has 1 aliphatic rings. The Balaban J connectivity index is 2.10. The smallest absolute Gasteiger partial charge is 0.278 e. The molecule has 26 heavy (non-hydrogen) atoms. The summed E-state index contributed by atoms with van der Waals surface area (Å²) in [5.74, 6) is -1.09. The van der Waals surface area contributed by atoms with Gasteiger partial charge in [-0.3, -0.25) is 14.5 Å². The van der Waals surface area contributed by atoms with Crippen LogP contribution in [0.4, 0.5) is 10.1 Å². The fourth-order valence-corrected chi connectivity index (χ4v) is 3.01. The zero-order valence-corrected chi connectivity index (χ0v) is 15.1. The molecule has 0 atom stereocenters. The third-order valence-electron chi connectivity index (χ3n) is 4.40. The number of aryl methyl sites for hydroxylation is 2. The highest BCUT2D eigenvalue weighted by atomic mass is 19.1. The lowest BCUT2D eigenvalue weighted by atomic mass is 10.0. The number of carbonyl (C=O) groups excluding carboxylic acids is 2. The first-order valence-corrected chi connectivity index (χ1v) is 8.63. The zero-order chi connectivity index (χ0) is 18.8. The molecule has 4 nitrogen and oxygen atoms in total. The van der Waals surface area contributed by atoms with Gasteiger partial charge < -0.3 is 5.32 Å². The Hall–Kier alpha value is -2.95. The Morgan fingerprint density at radius 2 is 1.69 bits per heavy atom. The lowest BCUT2D eigenvalue weighted by Gasteiger charge is -2.14. The second-order valence-corrected chi connectivity index (χ2v) is 6.46. The molecule has 0 unspecified atom stereocenters. The van der Waals surface area contributed by atoms with Crippen molar-refractivity contribution in [1.82, 2.24) is 4.90 Å². The summed E-state index contributed by atoms with van der Waals surface area (Å²) in [5.41, 5.74) is 3.84. The average Bonchev–Trinajstić information content (AvgIpc) is 2.84. The Bertz CT molecular complexity index is 901.